The average Bonchev–Trinajstić information content (AvgIpc) is 2.39. The third-order valence-electron chi connectivity index (χ3n) is 2.74. The number of benzene rings is 1. The van der Waals surface area contributed by atoms with Gasteiger partial charge in [-0.25, -0.2) is 4.79 Å². The molecule has 1 aliphatic heterocycles. The number of methoxy groups -OCH3 is 1. The molecule has 1 aromatic carbocycles. The first-order chi connectivity index (χ1) is 7.83. The maximum atomic E-state index is 11.6. The zero-order valence-electron chi connectivity index (χ0n) is 9.73. The number of esters is 1. The summed E-state index contributed by atoms with van der Waals surface area (Å²) in [6.45, 7) is 1.83. The summed E-state index contributed by atoms with van der Waals surface area (Å²) in [6, 6.07) is 7.59. The van der Waals surface area contributed by atoms with Crippen molar-refractivity contribution in [2.24, 2.45) is 0 Å². The lowest BCUT2D eigenvalue weighted by atomic mass is 9.95. The van der Waals surface area contributed by atoms with Gasteiger partial charge in [0.15, 0.2) is 0 Å². The number of hydrogen-bond acceptors (Lipinski definition) is 3. The fourth-order valence-electron chi connectivity index (χ4n) is 1.92. The SMILES string of the molecule is COC(=O)c1ccccc1C1=CCNCC1.Cl. The van der Waals surface area contributed by atoms with Gasteiger partial charge >= 0.3 is 5.97 Å². The van der Waals surface area contributed by atoms with Crippen LogP contribution in [0.2, 0.25) is 0 Å². The normalized spacial score (nSPS) is 14.5. The van der Waals surface area contributed by atoms with E-state index < -0.39 is 0 Å². The van der Waals surface area contributed by atoms with E-state index in [2.05, 4.69) is 11.4 Å². The van der Waals surface area contributed by atoms with E-state index in [-0.39, 0.29) is 18.4 Å². The van der Waals surface area contributed by atoms with Crippen molar-refractivity contribution in [3.63, 3.8) is 0 Å². The van der Waals surface area contributed by atoms with Crippen molar-refractivity contribution in [3.8, 4) is 0 Å². The molecule has 0 saturated heterocycles. The third kappa shape index (κ3) is 3.08. The Kier molecular flexibility index (Phi) is 5.19. The molecule has 0 unspecified atom stereocenters. The van der Waals surface area contributed by atoms with Crippen LogP contribution in [-0.4, -0.2) is 26.2 Å². The van der Waals surface area contributed by atoms with Gasteiger partial charge < -0.3 is 10.1 Å². The molecule has 1 aliphatic rings. The Balaban J connectivity index is 0.00000144. The predicted octanol–water partition coefficient (Wildman–Crippen LogP) is 2.27. The molecule has 2 rings (SSSR count). The van der Waals surface area contributed by atoms with Crippen LogP contribution < -0.4 is 5.32 Å². The van der Waals surface area contributed by atoms with E-state index in [0.717, 1.165) is 25.1 Å². The largest absolute Gasteiger partial charge is 0.465 e. The summed E-state index contributed by atoms with van der Waals surface area (Å²) in [5, 5.41) is 3.25. The maximum Gasteiger partial charge on any atom is 0.338 e. The average molecular weight is 254 g/mol. The first-order valence-electron chi connectivity index (χ1n) is 5.40. The molecule has 0 fully saturated rings. The van der Waals surface area contributed by atoms with Gasteiger partial charge in [0.05, 0.1) is 12.7 Å². The highest BCUT2D eigenvalue weighted by atomic mass is 35.5. The van der Waals surface area contributed by atoms with Crippen LogP contribution in [0, 0.1) is 0 Å². The number of nitrogens with one attached hydrogen (secondary N) is 1. The molecular formula is C13H16ClNO2. The lowest BCUT2D eigenvalue weighted by molar-refractivity contribution is 0.0600. The second-order valence-electron chi connectivity index (χ2n) is 3.72. The number of rotatable bonds is 2. The van der Waals surface area contributed by atoms with Gasteiger partial charge in [-0.05, 0) is 30.2 Å². The summed E-state index contributed by atoms with van der Waals surface area (Å²) in [4.78, 5) is 11.6. The van der Waals surface area contributed by atoms with Gasteiger partial charge in [0.1, 0.15) is 0 Å². The van der Waals surface area contributed by atoms with Crippen molar-refractivity contribution in [2.75, 3.05) is 20.2 Å². The maximum absolute atomic E-state index is 11.6. The smallest absolute Gasteiger partial charge is 0.338 e. The fraction of sp³-hybridized carbons (Fsp3) is 0.308. The Labute approximate surface area is 107 Å². The predicted molar refractivity (Wildman–Crippen MR) is 70.5 cm³/mol. The minimum atomic E-state index is -0.268. The van der Waals surface area contributed by atoms with Gasteiger partial charge in [0.2, 0.25) is 0 Å². The molecule has 0 radical (unpaired) electrons. The van der Waals surface area contributed by atoms with Gasteiger partial charge in [0, 0.05) is 6.54 Å². The van der Waals surface area contributed by atoms with Crippen LogP contribution in [0.3, 0.4) is 0 Å². The van der Waals surface area contributed by atoms with Crippen LogP contribution in [0.25, 0.3) is 5.57 Å². The van der Waals surface area contributed by atoms with Crippen molar-refractivity contribution < 1.29 is 9.53 Å². The molecule has 0 bridgehead atoms. The van der Waals surface area contributed by atoms with Crippen molar-refractivity contribution in [1.29, 1.82) is 0 Å². The molecule has 1 heterocycles. The molecule has 1 aromatic rings. The standard InChI is InChI=1S/C13H15NO2.ClH/c1-16-13(15)12-5-3-2-4-11(12)10-6-8-14-9-7-10;/h2-6,14H,7-9H2,1H3;1H. The number of carbonyl (C=O) groups is 1. The van der Waals surface area contributed by atoms with Crippen LogP contribution in [-0.2, 0) is 4.74 Å². The lowest BCUT2D eigenvalue weighted by Gasteiger charge is -2.16. The zero-order chi connectivity index (χ0) is 11.4. The van der Waals surface area contributed by atoms with Crippen molar-refractivity contribution in [2.45, 2.75) is 6.42 Å². The molecule has 0 aromatic heterocycles. The second-order valence-corrected chi connectivity index (χ2v) is 3.72. The van der Waals surface area contributed by atoms with Crippen LogP contribution in [0.4, 0.5) is 0 Å². The van der Waals surface area contributed by atoms with Gasteiger partial charge in [-0.1, -0.05) is 24.3 Å². The van der Waals surface area contributed by atoms with Crippen LogP contribution >= 0.6 is 12.4 Å². The second kappa shape index (κ2) is 6.42. The van der Waals surface area contributed by atoms with Crippen molar-refractivity contribution in [1.82, 2.24) is 5.32 Å². The molecule has 0 amide bonds. The van der Waals surface area contributed by atoms with Crippen LogP contribution in [0.5, 0.6) is 0 Å². The fourth-order valence-corrected chi connectivity index (χ4v) is 1.92. The number of halogens is 1. The Hall–Kier alpha value is -1.32. The monoisotopic (exact) mass is 253 g/mol. The molecule has 3 nitrogen and oxygen atoms in total. The number of carbonyl (C=O) groups excluding carboxylic acids is 1. The Bertz CT molecular complexity index is 429. The molecule has 17 heavy (non-hydrogen) atoms. The Morgan fingerprint density at radius 1 is 1.35 bits per heavy atom. The molecular weight excluding hydrogens is 238 g/mol. The summed E-state index contributed by atoms with van der Waals surface area (Å²) in [7, 11) is 1.41. The first-order valence-corrected chi connectivity index (χ1v) is 5.40. The molecule has 0 saturated carbocycles. The minimum absolute atomic E-state index is 0. The van der Waals surface area contributed by atoms with Gasteiger partial charge in [-0.3, -0.25) is 0 Å². The van der Waals surface area contributed by atoms with E-state index in [9.17, 15) is 4.79 Å². The summed E-state index contributed by atoms with van der Waals surface area (Å²) in [5.41, 5.74) is 2.87. The number of hydrogen-bond donors (Lipinski definition) is 1. The Morgan fingerprint density at radius 3 is 2.76 bits per heavy atom. The van der Waals surface area contributed by atoms with Crippen LogP contribution in [0.15, 0.2) is 30.3 Å². The van der Waals surface area contributed by atoms with Gasteiger partial charge in [-0.15, -0.1) is 12.4 Å². The zero-order valence-corrected chi connectivity index (χ0v) is 10.5. The Morgan fingerprint density at radius 2 is 2.12 bits per heavy atom. The molecule has 4 heteroatoms. The van der Waals surface area contributed by atoms with E-state index in [1.165, 1.54) is 12.7 Å². The molecule has 0 aliphatic carbocycles. The van der Waals surface area contributed by atoms with Gasteiger partial charge in [-0.2, -0.15) is 0 Å². The van der Waals surface area contributed by atoms with E-state index >= 15 is 0 Å². The first kappa shape index (κ1) is 13.7. The lowest BCUT2D eigenvalue weighted by Crippen LogP contribution is -2.20. The number of ether oxygens (including phenoxy) is 1. The molecule has 0 spiro atoms. The third-order valence-corrected chi connectivity index (χ3v) is 2.74. The van der Waals surface area contributed by atoms with Crippen LogP contribution in [0.1, 0.15) is 22.3 Å². The summed E-state index contributed by atoms with van der Waals surface area (Å²) < 4.78 is 4.79. The highest BCUT2D eigenvalue weighted by molar-refractivity contribution is 5.95. The molecule has 92 valence electrons. The van der Waals surface area contributed by atoms with Gasteiger partial charge in [0.25, 0.3) is 0 Å². The highest BCUT2D eigenvalue weighted by Crippen LogP contribution is 2.23. The van der Waals surface area contributed by atoms with E-state index in [1.54, 1.807) is 0 Å². The highest BCUT2D eigenvalue weighted by Gasteiger charge is 2.14. The molecule has 0 atom stereocenters. The van der Waals surface area contributed by atoms with E-state index in [1.807, 2.05) is 24.3 Å². The summed E-state index contributed by atoms with van der Waals surface area (Å²) >= 11 is 0. The molecule has 1 N–H and O–H groups in total. The topological polar surface area (TPSA) is 38.3 Å². The van der Waals surface area contributed by atoms with E-state index in [4.69, 9.17) is 4.74 Å². The van der Waals surface area contributed by atoms with Crippen molar-refractivity contribution in [3.05, 3.63) is 41.5 Å². The minimum Gasteiger partial charge on any atom is -0.465 e. The quantitative estimate of drug-likeness (QED) is 0.822. The summed E-state index contributed by atoms with van der Waals surface area (Å²) in [5.74, 6) is -0.268. The van der Waals surface area contributed by atoms with E-state index in [0.29, 0.717) is 5.56 Å². The summed E-state index contributed by atoms with van der Waals surface area (Å²) in [6.07, 6.45) is 3.08. The van der Waals surface area contributed by atoms with Crippen molar-refractivity contribution >= 4 is 23.9 Å².